The lowest BCUT2D eigenvalue weighted by Crippen LogP contribution is -2.39. The number of hydrogen-bond donors (Lipinski definition) is 1. The molecule has 0 aromatic heterocycles. The first kappa shape index (κ1) is 14.4. The first-order valence-corrected chi connectivity index (χ1v) is 7.82. The van der Waals surface area contributed by atoms with E-state index in [0.717, 1.165) is 19.6 Å². The summed E-state index contributed by atoms with van der Waals surface area (Å²) in [7, 11) is 0. The molecule has 1 aromatic carbocycles. The van der Waals surface area contributed by atoms with Gasteiger partial charge in [0, 0.05) is 30.7 Å². The lowest BCUT2D eigenvalue weighted by atomic mass is 9.69. The van der Waals surface area contributed by atoms with Gasteiger partial charge in [-0.1, -0.05) is 37.5 Å². The second-order valence-electron chi connectivity index (χ2n) is 5.73. The van der Waals surface area contributed by atoms with Crippen molar-refractivity contribution in [3.05, 3.63) is 29.8 Å². The zero-order valence-electron chi connectivity index (χ0n) is 12.5. The number of para-hydroxylation sites is 1. The molecule has 2 N–H and O–H groups in total. The molecule has 19 heavy (non-hydrogen) atoms. The van der Waals surface area contributed by atoms with Gasteiger partial charge in [0.25, 0.3) is 0 Å². The summed E-state index contributed by atoms with van der Waals surface area (Å²) in [6.07, 6.45) is 6.52. The second-order valence-corrected chi connectivity index (χ2v) is 5.73. The predicted octanol–water partition coefficient (Wildman–Crippen LogP) is 3.69. The van der Waals surface area contributed by atoms with Gasteiger partial charge in [0.05, 0.1) is 0 Å². The number of anilines is 1. The molecule has 2 rings (SSSR count). The zero-order valence-corrected chi connectivity index (χ0v) is 12.5. The average molecular weight is 260 g/mol. The van der Waals surface area contributed by atoms with Crippen LogP contribution in [0.3, 0.4) is 0 Å². The summed E-state index contributed by atoms with van der Waals surface area (Å²) in [5.41, 5.74) is 9.31. The Morgan fingerprint density at radius 2 is 1.68 bits per heavy atom. The van der Waals surface area contributed by atoms with E-state index in [9.17, 15) is 0 Å². The third-order valence-electron chi connectivity index (χ3n) is 4.78. The third-order valence-corrected chi connectivity index (χ3v) is 4.78. The summed E-state index contributed by atoms with van der Waals surface area (Å²) in [5, 5.41) is 0. The van der Waals surface area contributed by atoms with E-state index in [1.807, 2.05) is 0 Å². The van der Waals surface area contributed by atoms with E-state index >= 15 is 0 Å². The van der Waals surface area contributed by atoms with Crippen LogP contribution < -0.4 is 10.6 Å². The summed E-state index contributed by atoms with van der Waals surface area (Å²) in [4.78, 5) is 2.46. The SMILES string of the molecule is CCN(CC)c1ccccc1C1(CN)CCCCC1. The van der Waals surface area contributed by atoms with Crippen molar-refractivity contribution in [3.63, 3.8) is 0 Å². The molecule has 2 heteroatoms. The molecular weight excluding hydrogens is 232 g/mol. The van der Waals surface area contributed by atoms with Crippen molar-refractivity contribution in [2.24, 2.45) is 5.73 Å². The first-order valence-electron chi connectivity index (χ1n) is 7.82. The molecule has 1 aliphatic carbocycles. The molecule has 0 bridgehead atoms. The number of nitrogens with two attached hydrogens (primary N) is 1. The van der Waals surface area contributed by atoms with E-state index in [4.69, 9.17) is 5.73 Å². The van der Waals surface area contributed by atoms with E-state index in [2.05, 4.69) is 43.0 Å². The normalized spacial score (nSPS) is 18.3. The highest BCUT2D eigenvalue weighted by Gasteiger charge is 2.34. The van der Waals surface area contributed by atoms with Crippen molar-refractivity contribution in [1.82, 2.24) is 0 Å². The van der Waals surface area contributed by atoms with E-state index in [1.165, 1.54) is 43.4 Å². The van der Waals surface area contributed by atoms with Gasteiger partial charge in [0.2, 0.25) is 0 Å². The van der Waals surface area contributed by atoms with Crippen LogP contribution >= 0.6 is 0 Å². The Bertz CT molecular complexity index is 390. The highest BCUT2D eigenvalue weighted by molar-refractivity contribution is 5.57. The summed E-state index contributed by atoms with van der Waals surface area (Å²) < 4.78 is 0. The summed E-state index contributed by atoms with van der Waals surface area (Å²) in [6.45, 7) is 7.38. The highest BCUT2D eigenvalue weighted by Crippen LogP contribution is 2.42. The Morgan fingerprint density at radius 1 is 1.05 bits per heavy atom. The fraction of sp³-hybridized carbons (Fsp3) is 0.647. The molecule has 0 saturated heterocycles. The van der Waals surface area contributed by atoms with Crippen molar-refractivity contribution >= 4 is 5.69 Å². The lowest BCUT2D eigenvalue weighted by Gasteiger charge is -2.40. The van der Waals surface area contributed by atoms with Gasteiger partial charge in [0.1, 0.15) is 0 Å². The second kappa shape index (κ2) is 6.42. The van der Waals surface area contributed by atoms with Gasteiger partial charge in [-0.3, -0.25) is 0 Å². The smallest absolute Gasteiger partial charge is 0.0404 e. The summed E-state index contributed by atoms with van der Waals surface area (Å²) >= 11 is 0. The monoisotopic (exact) mass is 260 g/mol. The number of nitrogens with zero attached hydrogens (tertiary/aromatic N) is 1. The van der Waals surface area contributed by atoms with Crippen LogP contribution in [0.4, 0.5) is 5.69 Å². The minimum atomic E-state index is 0.220. The van der Waals surface area contributed by atoms with E-state index in [-0.39, 0.29) is 5.41 Å². The topological polar surface area (TPSA) is 29.3 Å². The van der Waals surface area contributed by atoms with Crippen molar-refractivity contribution in [1.29, 1.82) is 0 Å². The van der Waals surface area contributed by atoms with Gasteiger partial charge in [-0.15, -0.1) is 0 Å². The Labute approximate surface area is 118 Å². The summed E-state index contributed by atoms with van der Waals surface area (Å²) in [6, 6.07) is 8.92. The molecule has 0 unspecified atom stereocenters. The molecule has 1 saturated carbocycles. The van der Waals surface area contributed by atoms with Gasteiger partial charge in [-0.2, -0.15) is 0 Å². The lowest BCUT2D eigenvalue weighted by molar-refractivity contribution is 0.301. The Hall–Kier alpha value is -1.02. The standard InChI is InChI=1S/C17H28N2/c1-3-19(4-2)16-11-7-6-10-15(16)17(14-18)12-8-5-9-13-17/h6-7,10-11H,3-5,8-9,12-14,18H2,1-2H3. The third kappa shape index (κ3) is 2.79. The Morgan fingerprint density at radius 3 is 2.26 bits per heavy atom. The molecule has 0 aliphatic heterocycles. The van der Waals surface area contributed by atoms with E-state index < -0.39 is 0 Å². The van der Waals surface area contributed by atoms with Crippen molar-refractivity contribution in [3.8, 4) is 0 Å². The number of benzene rings is 1. The van der Waals surface area contributed by atoms with Gasteiger partial charge < -0.3 is 10.6 Å². The van der Waals surface area contributed by atoms with Crippen molar-refractivity contribution in [2.45, 2.75) is 51.4 Å². The van der Waals surface area contributed by atoms with Gasteiger partial charge in [0.15, 0.2) is 0 Å². The molecule has 0 heterocycles. The quantitative estimate of drug-likeness (QED) is 0.875. The number of rotatable bonds is 5. The average Bonchev–Trinajstić information content (AvgIpc) is 2.50. The van der Waals surface area contributed by atoms with Crippen molar-refractivity contribution in [2.75, 3.05) is 24.5 Å². The predicted molar refractivity (Wildman–Crippen MR) is 83.8 cm³/mol. The van der Waals surface area contributed by atoms with Crippen LogP contribution in [0.5, 0.6) is 0 Å². The van der Waals surface area contributed by atoms with Crippen molar-refractivity contribution < 1.29 is 0 Å². The van der Waals surface area contributed by atoms with E-state index in [1.54, 1.807) is 0 Å². The maximum absolute atomic E-state index is 6.20. The molecule has 106 valence electrons. The molecule has 0 amide bonds. The molecule has 0 spiro atoms. The molecule has 0 atom stereocenters. The van der Waals surface area contributed by atoms with Crippen LogP contribution in [0.25, 0.3) is 0 Å². The Kier molecular flexibility index (Phi) is 4.87. The van der Waals surface area contributed by atoms with Crippen LogP contribution in [0, 0.1) is 0 Å². The largest absolute Gasteiger partial charge is 0.372 e. The molecule has 1 fully saturated rings. The molecule has 1 aromatic rings. The molecule has 0 radical (unpaired) electrons. The summed E-state index contributed by atoms with van der Waals surface area (Å²) in [5.74, 6) is 0. The highest BCUT2D eigenvalue weighted by atomic mass is 15.1. The molecule has 2 nitrogen and oxygen atoms in total. The van der Waals surface area contributed by atoms with Gasteiger partial charge in [-0.25, -0.2) is 0 Å². The maximum Gasteiger partial charge on any atom is 0.0404 e. The van der Waals surface area contributed by atoms with Crippen LogP contribution in [0.15, 0.2) is 24.3 Å². The minimum Gasteiger partial charge on any atom is -0.372 e. The minimum absolute atomic E-state index is 0.220. The molecular formula is C17H28N2. The van der Waals surface area contributed by atoms with Crippen LogP contribution in [0.2, 0.25) is 0 Å². The van der Waals surface area contributed by atoms with Crippen LogP contribution in [-0.4, -0.2) is 19.6 Å². The zero-order chi connectivity index (χ0) is 13.7. The molecule has 1 aliphatic rings. The maximum atomic E-state index is 6.20. The Balaban J connectivity index is 2.42. The van der Waals surface area contributed by atoms with Gasteiger partial charge >= 0.3 is 0 Å². The van der Waals surface area contributed by atoms with E-state index in [0.29, 0.717) is 0 Å². The number of hydrogen-bond acceptors (Lipinski definition) is 2. The first-order chi connectivity index (χ1) is 9.27. The fourth-order valence-electron chi connectivity index (χ4n) is 3.57. The van der Waals surface area contributed by atoms with Crippen LogP contribution in [0.1, 0.15) is 51.5 Å². The van der Waals surface area contributed by atoms with Gasteiger partial charge in [-0.05, 0) is 38.3 Å². The van der Waals surface area contributed by atoms with Crippen LogP contribution in [-0.2, 0) is 5.41 Å². The fourth-order valence-corrected chi connectivity index (χ4v) is 3.57.